The molecule has 0 fully saturated rings. The van der Waals surface area contributed by atoms with Gasteiger partial charge in [0.15, 0.2) is 4.90 Å². The topological polar surface area (TPSA) is 89.3 Å². The third-order valence-corrected chi connectivity index (χ3v) is 5.65. The maximum atomic E-state index is 13.0. The van der Waals surface area contributed by atoms with Gasteiger partial charge in [0.1, 0.15) is 0 Å². The van der Waals surface area contributed by atoms with Gasteiger partial charge in [0.25, 0.3) is 5.69 Å². The molecule has 0 aromatic heterocycles. The smallest absolute Gasteiger partial charge is 0.258 e. The lowest BCUT2D eigenvalue weighted by molar-refractivity contribution is -0.387. The van der Waals surface area contributed by atoms with Crippen molar-refractivity contribution in [2.45, 2.75) is 10.9 Å². The van der Waals surface area contributed by atoms with Crippen molar-refractivity contribution >= 4 is 27.3 Å². The van der Waals surface area contributed by atoms with E-state index in [-0.39, 0.29) is 5.02 Å². The largest absolute Gasteiger partial charge is 0.290 e. The number of hydrogen-bond donors (Lipinski definition) is 1. The third-order valence-electron chi connectivity index (χ3n) is 3.95. The van der Waals surface area contributed by atoms with Crippen LogP contribution < -0.4 is 4.72 Å². The van der Waals surface area contributed by atoms with Crippen molar-refractivity contribution in [3.8, 4) is 0 Å². The summed E-state index contributed by atoms with van der Waals surface area (Å²) in [6.07, 6.45) is 0. The molecule has 0 saturated carbocycles. The van der Waals surface area contributed by atoms with Crippen LogP contribution in [-0.4, -0.2) is 13.3 Å². The molecule has 0 bridgehead atoms. The monoisotopic (exact) mass is 402 g/mol. The van der Waals surface area contributed by atoms with E-state index in [9.17, 15) is 18.5 Å². The van der Waals surface area contributed by atoms with Crippen molar-refractivity contribution in [1.29, 1.82) is 0 Å². The van der Waals surface area contributed by atoms with Gasteiger partial charge in [0.05, 0.1) is 11.0 Å². The van der Waals surface area contributed by atoms with Crippen molar-refractivity contribution < 1.29 is 13.3 Å². The van der Waals surface area contributed by atoms with E-state index in [1.54, 1.807) is 48.5 Å². The number of halogens is 1. The second-order valence-corrected chi connectivity index (χ2v) is 7.86. The van der Waals surface area contributed by atoms with Crippen molar-refractivity contribution in [3.63, 3.8) is 0 Å². The summed E-state index contributed by atoms with van der Waals surface area (Å²) in [5.74, 6) is 0. The highest BCUT2D eigenvalue weighted by Gasteiger charge is 2.29. The SMILES string of the molecule is O=[N+]([O-])c1cc(Cl)ccc1S(=O)(=O)NC(c1ccccc1)c1ccccc1. The van der Waals surface area contributed by atoms with Crippen molar-refractivity contribution in [1.82, 2.24) is 4.72 Å². The minimum Gasteiger partial charge on any atom is -0.258 e. The molecule has 138 valence electrons. The van der Waals surface area contributed by atoms with Crippen molar-refractivity contribution in [2.75, 3.05) is 0 Å². The van der Waals surface area contributed by atoms with Crippen LogP contribution in [0.15, 0.2) is 83.8 Å². The summed E-state index contributed by atoms with van der Waals surface area (Å²) in [5.41, 5.74) is 0.850. The fourth-order valence-corrected chi connectivity index (χ4v) is 4.23. The summed E-state index contributed by atoms with van der Waals surface area (Å²) in [7, 11) is -4.20. The maximum absolute atomic E-state index is 13.0. The van der Waals surface area contributed by atoms with E-state index < -0.39 is 31.6 Å². The molecule has 3 aromatic rings. The number of sulfonamides is 1. The Kier molecular flexibility index (Phi) is 5.55. The molecule has 0 aliphatic heterocycles. The van der Waals surface area contributed by atoms with E-state index in [1.807, 2.05) is 12.1 Å². The zero-order valence-corrected chi connectivity index (χ0v) is 15.5. The molecule has 0 amide bonds. The van der Waals surface area contributed by atoms with E-state index in [2.05, 4.69) is 4.72 Å². The Labute approximate surface area is 161 Å². The Morgan fingerprint density at radius 3 is 1.89 bits per heavy atom. The van der Waals surface area contributed by atoms with Gasteiger partial charge in [-0.3, -0.25) is 10.1 Å². The van der Waals surface area contributed by atoms with Crippen LogP contribution in [0.5, 0.6) is 0 Å². The average Bonchev–Trinajstić information content (AvgIpc) is 2.67. The Balaban J connectivity index is 2.08. The van der Waals surface area contributed by atoms with E-state index in [4.69, 9.17) is 11.6 Å². The highest BCUT2D eigenvalue weighted by molar-refractivity contribution is 7.89. The maximum Gasteiger partial charge on any atom is 0.290 e. The van der Waals surface area contributed by atoms with Gasteiger partial charge in [-0.25, -0.2) is 8.42 Å². The molecule has 0 saturated heterocycles. The number of nitrogens with zero attached hydrogens (tertiary/aromatic N) is 1. The van der Waals surface area contributed by atoms with Crippen LogP contribution in [0.25, 0.3) is 0 Å². The lowest BCUT2D eigenvalue weighted by Gasteiger charge is -2.20. The fourth-order valence-electron chi connectivity index (χ4n) is 2.70. The standard InChI is InChI=1S/C19H15ClN2O4S/c20-16-11-12-18(17(13-16)22(23)24)27(25,26)21-19(14-7-3-1-4-8-14)15-9-5-2-6-10-15/h1-13,19,21H. The average molecular weight is 403 g/mol. The third kappa shape index (κ3) is 4.33. The Hall–Kier alpha value is -2.74. The molecule has 0 heterocycles. The molecule has 0 spiro atoms. The molecule has 0 atom stereocenters. The first-order valence-corrected chi connectivity index (χ1v) is 9.81. The summed E-state index contributed by atoms with van der Waals surface area (Å²) < 4.78 is 28.5. The number of rotatable bonds is 6. The first-order chi connectivity index (χ1) is 12.9. The van der Waals surface area contributed by atoms with Gasteiger partial charge in [-0.15, -0.1) is 0 Å². The van der Waals surface area contributed by atoms with Gasteiger partial charge < -0.3 is 0 Å². The Morgan fingerprint density at radius 2 is 1.41 bits per heavy atom. The molecule has 0 aliphatic carbocycles. The summed E-state index contributed by atoms with van der Waals surface area (Å²) in [6.45, 7) is 0. The Morgan fingerprint density at radius 1 is 0.889 bits per heavy atom. The van der Waals surface area contributed by atoms with Crippen LogP contribution in [0.2, 0.25) is 5.02 Å². The zero-order valence-electron chi connectivity index (χ0n) is 13.9. The fraction of sp³-hybridized carbons (Fsp3) is 0.0526. The first-order valence-electron chi connectivity index (χ1n) is 7.94. The molecule has 3 aromatic carbocycles. The van der Waals surface area contributed by atoms with Gasteiger partial charge in [-0.05, 0) is 23.3 Å². The van der Waals surface area contributed by atoms with Crippen LogP contribution in [-0.2, 0) is 10.0 Å². The summed E-state index contributed by atoms with van der Waals surface area (Å²) in [5, 5.41) is 11.4. The normalized spacial score (nSPS) is 11.5. The summed E-state index contributed by atoms with van der Waals surface area (Å²) >= 11 is 5.79. The summed E-state index contributed by atoms with van der Waals surface area (Å²) in [6, 6.07) is 20.7. The zero-order chi connectivity index (χ0) is 19.4. The molecular weight excluding hydrogens is 388 g/mol. The second kappa shape index (κ2) is 7.87. The van der Waals surface area contributed by atoms with Crippen LogP contribution in [0.4, 0.5) is 5.69 Å². The van der Waals surface area contributed by atoms with Crippen molar-refractivity contribution in [2.24, 2.45) is 0 Å². The van der Waals surface area contributed by atoms with Crippen LogP contribution in [0, 0.1) is 10.1 Å². The van der Waals surface area contributed by atoms with Crippen LogP contribution in [0.1, 0.15) is 17.2 Å². The number of nitro benzene ring substituents is 1. The molecule has 8 heteroatoms. The number of hydrogen-bond acceptors (Lipinski definition) is 4. The molecule has 0 radical (unpaired) electrons. The minimum absolute atomic E-state index is 0.0864. The van der Waals surface area contributed by atoms with Gasteiger partial charge in [-0.2, -0.15) is 4.72 Å². The lowest BCUT2D eigenvalue weighted by Crippen LogP contribution is -2.30. The second-order valence-electron chi connectivity index (χ2n) is 5.74. The van der Waals surface area contributed by atoms with Crippen molar-refractivity contribution in [3.05, 3.63) is 105 Å². The highest BCUT2D eigenvalue weighted by atomic mass is 35.5. The first kappa shape index (κ1) is 19.0. The van der Waals surface area contributed by atoms with Crippen LogP contribution in [0.3, 0.4) is 0 Å². The van der Waals surface area contributed by atoms with Gasteiger partial charge in [-0.1, -0.05) is 72.3 Å². The van der Waals surface area contributed by atoms with E-state index >= 15 is 0 Å². The lowest BCUT2D eigenvalue weighted by atomic mass is 10.00. The number of nitrogens with one attached hydrogen (secondary N) is 1. The van der Waals surface area contributed by atoms with Crippen LogP contribution >= 0.6 is 11.6 Å². The Bertz CT molecular complexity index is 1020. The molecule has 0 aliphatic rings. The highest BCUT2D eigenvalue weighted by Crippen LogP contribution is 2.30. The van der Waals surface area contributed by atoms with Gasteiger partial charge in [0, 0.05) is 11.1 Å². The quantitative estimate of drug-likeness (QED) is 0.491. The molecule has 6 nitrogen and oxygen atoms in total. The van der Waals surface area contributed by atoms with E-state index in [1.165, 1.54) is 6.07 Å². The van der Waals surface area contributed by atoms with Gasteiger partial charge in [0.2, 0.25) is 10.0 Å². The minimum atomic E-state index is -4.20. The number of benzene rings is 3. The number of nitro groups is 1. The van der Waals surface area contributed by atoms with Gasteiger partial charge >= 0.3 is 0 Å². The van der Waals surface area contributed by atoms with E-state index in [0.717, 1.165) is 12.1 Å². The molecular formula is C19H15ClN2O4S. The molecule has 3 rings (SSSR count). The molecule has 1 N–H and O–H groups in total. The molecule has 0 unspecified atom stereocenters. The predicted octanol–water partition coefficient (Wildman–Crippen LogP) is 4.32. The summed E-state index contributed by atoms with van der Waals surface area (Å²) in [4.78, 5) is 10.1. The molecule has 27 heavy (non-hydrogen) atoms. The van der Waals surface area contributed by atoms with E-state index in [0.29, 0.717) is 11.1 Å². The predicted molar refractivity (Wildman–Crippen MR) is 103 cm³/mol.